The zero-order chi connectivity index (χ0) is 20.2. The van der Waals surface area contributed by atoms with Crippen molar-refractivity contribution in [3.05, 3.63) is 70.7 Å². The van der Waals surface area contributed by atoms with Crippen LogP contribution in [0.2, 0.25) is 5.02 Å². The molecule has 0 aliphatic carbocycles. The topological polar surface area (TPSA) is 85.8 Å². The molecule has 0 aromatic heterocycles. The van der Waals surface area contributed by atoms with Crippen molar-refractivity contribution in [3.63, 3.8) is 0 Å². The number of nitrogens with one attached hydrogen (secondary N) is 3. The van der Waals surface area contributed by atoms with Gasteiger partial charge in [0.1, 0.15) is 0 Å². The summed E-state index contributed by atoms with van der Waals surface area (Å²) in [6.45, 7) is 4.13. The molecule has 0 saturated carbocycles. The number of halogens is 2. The highest BCUT2D eigenvalue weighted by Gasteiger charge is 2.11. The highest BCUT2D eigenvalue weighted by atomic mass is 127. The lowest BCUT2D eigenvalue weighted by Gasteiger charge is -2.15. The molecule has 0 saturated heterocycles. The van der Waals surface area contributed by atoms with Gasteiger partial charge in [0.15, 0.2) is 5.96 Å². The average Bonchev–Trinajstić information content (AvgIpc) is 2.72. The fourth-order valence-corrected chi connectivity index (χ4v) is 2.86. The molecule has 29 heavy (non-hydrogen) atoms. The Labute approximate surface area is 194 Å². The smallest absolute Gasteiger partial charge is 0.252 e. The van der Waals surface area contributed by atoms with Gasteiger partial charge >= 0.3 is 0 Å². The number of benzene rings is 2. The van der Waals surface area contributed by atoms with Crippen molar-refractivity contribution in [1.29, 1.82) is 0 Å². The van der Waals surface area contributed by atoms with Crippen LogP contribution in [-0.4, -0.2) is 49.8 Å². The maximum absolute atomic E-state index is 12.1. The van der Waals surface area contributed by atoms with E-state index in [-0.39, 0.29) is 42.4 Å². The summed E-state index contributed by atoms with van der Waals surface area (Å²) in [5.74, 6) is 0.374. The third-order valence-corrected chi connectivity index (χ3v) is 4.46. The Kier molecular flexibility index (Phi) is 12.3. The summed E-state index contributed by atoms with van der Waals surface area (Å²) in [6.07, 6.45) is 0. The maximum Gasteiger partial charge on any atom is 0.252 e. The molecule has 2 rings (SSSR count). The Morgan fingerprint density at radius 1 is 1.03 bits per heavy atom. The number of aliphatic hydroxyl groups excluding tert-OH is 1. The predicted molar refractivity (Wildman–Crippen MR) is 129 cm³/mol. The van der Waals surface area contributed by atoms with Crippen LogP contribution in [0.4, 0.5) is 0 Å². The van der Waals surface area contributed by atoms with Gasteiger partial charge in [-0.2, -0.15) is 0 Å². The molecular weight excluding hydrogens is 503 g/mol. The molecule has 2 aromatic carbocycles. The number of nitrogens with zero attached hydrogens (tertiary/aromatic N) is 1. The maximum atomic E-state index is 12.1. The lowest BCUT2D eigenvalue weighted by molar-refractivity contribution is 0.0954. The normalized spacial score (nSPS) is 11.9. The van der Waals surface area contributed by atoms with E-state index in [0.29, 0.717) is 42.7 Å². The van der Waals surface area contributed by atoms with Gasteiger partial charge in [-0.3, -0.25) is 9.79 Å². The first-order valence-corrected chi connectivity index (χ1v) is 9.74. The van der Waals surface area contributed by atoms with E-state index in [2.05, 4.69) is 20.9 Å². The summed E-state index contributed by atoms with van der Waals surface area (Å²) in [5.41, 5.74) is 1.51. The van der Waals surface area contributed by atoms with E-state index in [0.717, 1.165) is 5.56 Å². The second-order valence-corrected chi connectivity index (χ2v) is 6.58. The van der Waals surface area contributed by atoms with Crippen molar-refractivity contribution in [1.82, 2.24) is 16.0 Å². The average molecular weight is 531 g/mol. The van der Waals surface area contributed by atoms with E-state index in [9.17, 15) is 9.90 Å². The first-order chi connectivity index (χ1) is 13.7. The fraction of sp³-hybridized carbons (Fsp3) is 0.333. The van der Waals surface area contributed by atoms with Gasteiger partial charge < -0.3 is 21.1 Å². The van der Waals surface area contributed by atoms with Crippen LogP contribution in [0.25, 0.3) is 0 Å². The number of hydrogen-bond donors (Lipinski definition) is 4. The predicted octanol–water partition coefficient (Wildman–Crippen LogP) is 3.02. The van der Waals surface area contributed by atoms with E-state index < -0.39 is 0 Å². The molecule has 0 bridgehead atoms. The van der Waals surface area contributed by atoms with Gasteiger partial charge in [0, 0.05) is 25.6 Å². The molecular formula is C21H28ClIN4O2. The third-order valence-electron chi connectivity index (χ3n) is 4.13. The van der Waals surface area contributed by atoms with E-state index in [1.54, 1.807) is 24.3 Å². The zero-order valence-corrected chi connectivity index (χ0v) is 19.5. The summed E-state index contributed by atoms with van der Waals surface area (Å²) in [6, 6.07) is 16.8. The lowest BCUT2D eigenvalue weighted by Crippen LogP contribution is -2.41. The molecule has 4 N–H and O–H groups in total. The standard InChI is InChI=1S/C21H27ClN4O2.HI/c1-2-23-21(26-14-17(15-27)16-8-4-3-5-9-16)25-13-12-24-20(28)18-10-6-7-11-19(18)22;/h3-11,17,27H,2,12-15H2,1H3,(H,24,28)(H2,23,25,26);1H. The van der Waals surface area contributed by atoms with Crippen LogP contribution in [0.1, 0.15) is 28.8 Å². The van der Waals surface area contributed by atoms with Gasteiger partial charge in [0.2, 0.25) is 0 Å². The van der Waals surface area contributed by atoms with Crippen LogP contribution in [0, 0.1) is 0 Å². The number of aliphatic imine (C=N–C) groups is 1. The van der Waals surface area contributed by atoms with Crippen LogP contribution >= 0.6 is 35.6 Å². The minimum absolute atomic E-state index is 0. The molecule has 2 aromatic rings. The minimum Gasteiger partial charge on any atom is -0.396 e. The third kappa shape index (κ3) is 8.59. The summed E-state index contributed by atoms with van der Waals surface area (Å²) in [5, 5.41) is 19.3. The van der Waals surface area contributed by atoms with Gasteiger partial charge in [0.25, 0.3) is 5.91 Å². The minimum atomic E-state index is -0.209. The number of guanidine groups is 1. The molecule has 0 radical (unpaired) electrons. The Morgan fingerprint density at radius 2 is 1.69 bits per heavy atom. The van der Waals surface area contributed by atoms with E-state index in [1.807, 2.05) is 37.3 Å². The molecule has 0 aliphatic heterocycles. The summed E-state index contributed by atoms with van der Waals surface area (Å²) < 4.78 is 0. The van der Waals surface area contributed by atoms with Gasteiger partial charge in [-0.15, -0.1) is 24.0 Å². The second-order valence-electron chi connectivity index (χ2n) is 6.17. The first kappa shape index (κ1) is 25.2. The highest BCUT2D eigenvalue weighted by Crippen LogP contribution is 2.15. The zero-order valence-electron chi connectivity index (χ0n) is 16.4. The number of hydrogen-bond acceptors (Lipinski definition) is 3. The lowest BCUT2D eigenvalue weighted by atomic mass is 10.0. The van der Waals surface area contributed by atoms with Crippen molar-refractivity contribution in [2.75, 3.05) is 32.8 Å². The van der Waals surface area contributed by atoms with Crippen molar-refractivity contribution in [3.8, 4) is 0 Å². The molecule has 1 amide bonds. The van der Waals surface area contributed by atoms with Gasteiger partial charge in [-0.25, -0.2) is 0 Å². The highest BCUT2D eigenvalue weighted by molar-refractivity contribution is 14.0. The monoisotopic (exact) mass is 530 g/mol. The number of aliphatic hydroxyl groups is 1. The fourth-order valence-electron chi connectivity index (χ4n) is 2.63. The Morgan fingerprint density at radius 3 is 2.34 bits per heavy atom. The molecule has 6 nitrogen and oxygen atoms in total. The van der Waals surface area contributed by atoms with Crippen molar-refractivity contribution in [2.24, 2.45) is 4.99 Å². The first-order valence-electron chi connectivity index (χ1n) is 9.36. The molecule has 1 atom stereocenters. The van der Waals surface area contributed by atoms with Crippen LogP contribution in [0.15, 0.2) is 59.6 Å². The number of carbonyl (C=O) groups is 1. The van der Waals surface area contributed by atoms with E-state index in [1.165, 1.54) is 0 Å². The van der Waals surface area contributed by atoms with Crippen LogP contribution in [0.3, 0.4) is 0 Å². The number of rotatable bonds is 9. The van der Waals surface area contributed by atoms with Gasteiger partial charge in [0.05, 0.1) is 23.7 Å². The van der Waals surface area contributed by atoms with E-state index in [4.69, 9.17) is 11.6 Å². The molecule has 0 spiro atoms. The van der Waals surface area contributed by atoms with Crippen LogP contribution in [0.5, 0.6) is 0 Å². The SMILES string of the molecule is CCNC(=NCC(CO)c1ccccc1)NCCNC(=O)c1ccccc1Cl.I. The van der Waals surface area contributed by atoms with Crippen molar-refractivity contribution < 1.29 is 9.90 Å². The molecule has 158 valence electrons. The summed E-state index contributed by atoms with van der Waals surface area (Å²) in [7, 11) is 0. The van der Waals surface area contributed by atoms with Gasteiger partial charge in [-0.05, 0) is 24.6 Å². The Balaban J connectivity index is 0.00000420. The molecule has 0 heterocycles. The molecule has 8 heteroatoms. The second kappa shape index (κ2) is 14.2. The Hall–Kier alpha value is -1.84. The Bertz CT molecular complexity index is 774. The molecule has 1 unspecified atom stereocenters. The largest absolute Gasteiger partial charge is 0.396 e. The quantitative estimate of drug-likeness (QED) is 0.174. The number of carbonyl (C=O) groups excluding carboxylic acids is 1. The van der Waals surface area contributed by atoms with Crippen LogP contribution in [-0.2, 0) is 0 Å². The van der Waals surface area contributed by atoms with Crippen molar-refractivity contribution in [2.45, 2.75) is 12.8 Å². The van der Waals surface area contributed by atoms with Crippen LogP contribution < -0.4 is 16.0 Å². The summed E-state index contributed by atoms with van der Waals surface area (Å²) in [4.78, 5) is 16.7. The molecule has 0 fully saturated rings. The number of amides is 1. The van der Waals surface area contributed by atoms with Gasteiger partial charge in [-0.1, -0.05) is 54.1 Å². The van der Waals surface area contributed by atoms with E-state index >= 15 is 0 Å². The molecule has 0 aliphatic rings. The summed E-state index contributed by atoms with van der Waals surface area (Å²) >= 11 is 6.03. The van der Waals surface area contributed by atoms with Crippen molar-refractivity contribution >= 4 is 47.4 Å².